The molecule has 0 bridgehead atoms. The van der Waals surface area contributed by atoms with Crippen molar-refractivity contribution < 1.29 is 8.42 Å². The SMILES string of the molecule is Nc1ccc(S(N)(=O)=O)cc1Nc1ccccc1I. The Kier molecular flexibility index (Phi) is 3.97. The summed E-state index contributed by atoms with van der Waals surface area (Å²) in [6.07, 6.45) is 0. The monoisotopic (exact) mass is 389 g/mol. The van der Waals surface area contributed by atoms with Crippen molar-refractivity contribution in [1.82, 2.24) is 0 Å². The van der Waals surface area contributed by atoms with E-state index < -0.39 is 10.0 Å². The number of sulfonamides is 1. The topological polar surface area (TPSA) is 98.2 Å². The van der Waals surface area contributed by atoms with E-state index in [1.54, 1.807) is 0 Å². The third-order valence-electron chi connectivity index (χ3n) is 2.50. The number of benzene rings is 2. The van der Waals surface area contributed by atoms with Crippen LogP contribution in [0.5, 0.6) is 0 Å². The molecule has 0 aliphatic heterocycles. The first-order chi connectivity index (χ1) is 8.88. The van der Waals surface area contributed by atoms with Crippen molar-refractivity contribution in [2.24, 2.45) is 5.14 Å². The summed E-state index contributed by atoms with van der Waals surface area (Å²) < 4.78 is 23.6. The number of halogens is 1. The molecule has 2 rings (SSSR count). The van der Waals surface area contributed by atoms with Crippen LogP contribution in [0, 0.1) is 3.57 Å². The number of anilines is 3. The summed E-state index contributed by atoms with van der Waals surface area (Å²) in [5.74, 6) is 0. The molecule has 0 unspecified atom stereocenters. The Morgan fingerprint density at radius 1 is 1.05 bits per heavy atom. The Labute approximate surface area is 125 Å². The van der Waals surface area contributed by atoms with Crippen molar-refractivity contribution in [3.63, 3.8) is 0 Å². The standard InChI is InChI=1S/C12H12IN3O2S/c13-9-3-1-2-4-11(9)16-12-7-8(19(15,17)18)5-6-10(12)14/h1-7,16H,14H2,(H2,15,17,18). The molecule has 0 atom stereocenters. The Morgan fingerprint density at radius 3 is 2.37 bits per heavy atom. The van der Waals surface area contributed by atoms with Gasteiger partial charge in [-0.15, -0.1) is 0 Å². The normalized spacial score (nSPS) is 11.3. The second kappa shape index (κ2) is 5.35. The van der Waals surface area contributed by atoms with E-state index in [0.29, 0.717) is 11.4 Å². The van der Waals surface area contributed by atoms with Gasteiger partial charge >= 0.3 is 0 Å². The van der Waals surface area contributed by atoms with E-state index in [4.69, 9.17) is 10.9 Å². The smallest absolute Gasteiger partial charge is 0.238 e. The molecule has 100 valence electrons. The largest absolute Gasteiger partial charge is 0.397 e. The Balaban J connectivity index is 2.43. The minimum absolute atomic E-state index is 0.0233. The van der Waals surface area contributed by atoms with Crippen LogP contribution in [0.2, 0.25) is 0 Å². The van der Waals surface area contributed by atoms with Gasteiger partial charge in [-0.05, 0) is 52.9 Å². The van der Waals surface area contributed by atoms with E-state index in [1.807, 2.05) is 24.3 Å². The third-order valence-corrected chi connectivity index (χ3v) is 4.35. The number of hydrogen-bond acceptors (Lipinski definition) is 4. The van der Waals surface area contributed by atoms with Gasteiger partial charge < -0.3 is 11.1 Å². The molecule has 0 aliphatic rings. The van der Waals surface area contributed by atoms with Gasteiger partial charge in [0.15, 0.2) is 0 Å². The van der Waals surface area contributed by atoms with Gasteiger partial charge in [-0.2, -0.15) is 0 Å². The maximum Gasteiger partial charge on any atom is 0.238 e. The number of para-hydroxylation sites is 1. The highest BCUT2D eigenvalue weighted by Gasteiger charge is 2.11. The Bertz CT molecular complexity index is 717. The van der Waals surface area contributed by atoms with Crippen LogP contribution in [-0.2, 0) is 10.0 Å². The van der Waals surface area contributed by atoms with E-state index in [2.05, 4.69) is 27.9 Å². The van der Waals surface area contributed by atoms with Crippen LogP contribution in [0.4, 0.5) is 17.1 Å². The molecule has 7 heteroatoms. The molecular weight excluding hydrogens is 377 g/mol. The van der Waals surface area contributed by atoms with Crippen molar-refractivity contribution in [3.05, 3.63) is 46.0 Å². The van der Waals surface area contributed by atoms with Crippen LogP contribution in [0.1, 0.15) is 0 Å². The lowest BCUT2D eigenvalue weighted by Gasteiger charge is -2.12. The fraction of sp³-hybridized carbons (Fsp3) is 0. The van der Waals surface area contributed by atoms with Gasteiger partial charge in [0.2, 0.25) is 10.0 Å². The number of primary sulfonamides is 1. The molecule has 0 saturated carbocycles. The first-order valence-corrected chi connectivity index (χ1v) is 7.94. The first-order valence-electron chi connectivity index (χ1n) is 5.32. The highest BCUT2D eigenvalue weighted by molar-refractivity contribution is 14.1. The van der Waals surface area contributed by atoms with Crippen LogP contribution in [-0.4, -0.2) is 8.42 Å². The number of nitrogen functional groups attached to an aromatic ring is 1. The highest BCUT2D eigenvalue weighted by atomic mass is 127. The van der Waals surface area contributed by atoms with Crippen LogP contribution < -0.4 is 16.2 Å². The second-order valence-corrected chi connectivity index (χ2v) is 6.62. The molecule has 0 aliphatic carbocycles. The second-order valence-electron chi connectivity index (χ2n) is 3.90. The maximum atomic E-state index is 11.3. The third kappa shape index (κ3) is 3.37. The molecule has 0 fully saturated rings. The summed E-state index contributed by atoms with van der Waals surface area (Å²) in [6, 6.07) is 11.9. The van der Waals surface area contributed by atoms with Gasteiger partial charge in [0.25, 0.3) is 0 Å². The summed E-state index contributed by atoms with van der Waals surface area (Å²) in [7, 11) is -3.74. The molecule has 19 heavy (non-hydrogen) atoms. The fourth-order valence-electron chi connectivity index (χ4n) is 1.53. The lowest BCUT2D eigenvalue weighted by molar-refractivity contribution is 0.598. The zero-order valence-corrected chi connectivity index (χ0v) is 12.8. The molecule has 0 aromatic heterocycles. The van der Waals surface area contributed by atoms with Crippen molar-refractivity contribution >= 4 is 49.7 Å². The number of hydrogen-bond donors (Lipinski definition) is 3. The molecule has 2 aromatic carbocycles. The van der Waals surface area contributed by atoms with Gasteiger partial charge in [-0.1, -0.05) is 12.1 Å². The summed E-state index contributed by atoms with van der Waals surface area (Å²) in [5, 5.41) is 8.20. The van der Waals surface area contributed by atoms with E-state index in [-0.39, 0.29) is 4.90 Å². The molecule has 0 radical (unpaired) electrons. The average molecular weight is 389 g/mol. The highest BCUT2D eigenvalue weighted by Crippen LogP contribution is 2.28. The molecule has 0 saturated heterocycles. The van der Waals surface area contributed by atoms with Crippen molar-refractivity contribution in [2.45, 2.75) is 4.90 Å². The van der Waals surface area contributed by atoms with Gasteiger partial charge in [-0.3, -0.25) is 0 Å². The summed E-state index contributed by atoms with van der Waals surface area (Å²) in [5.41, 5.74) is 7.64. The van der Waals surface area contributed by atoms with Gasteiger partial charge in [0.05, 0.1) is 22.0 Å². The van der Waals surface area contributed by atoms with E-state index in [0.717, 1.165) is 9.26 Å². The minimum Gasteiger partial charge on any atom is -0.397 e. The van der Waals surface area contributed by atoms with E-state index >= 15 is 0 Å². The summed E-state index contributed by atoms with van der Waals surface area (Å²) in [4.78, 5) is 0.0233. The Hall–Kier alpha value is -1.32. The summed E-state index contributed by atoms with van der Waals surface area (Å²) in [6.45, 7) is 0. The Morgan fingerprint density at radius 2 is 1.74 bits per heavy atom. The lowest BCUT2D eigenvalue weighted by Crippen LogP contribution is -2.12. The van der Waals surface area contributed by atoms with Crippen LogP contribution in [0.25, 0.3) is 0 Å². The van der Waals surface area contributed by atoms with Crippen LogP contribution in [0.3, 0.4) is 0 Å². The molecule has 0 heterocycles. The van der Waals surface area contributed by atoms with E-state index in [1.165, 1.54) is 18.2 Å². The first kappa shape index (κ1) is 14.1. The van der Waals surface area contributed by atoms with Crippen molar-refractivity contribution in [3.8, 4) is 0 Å². The zero-order valence-electron chi connectivity index (χ0n) is 9.80. The number of rotatable bonds is 3. The van der Waals surface area contributed by atoms with Crippen LogP contribution in [0.15, 0.2) is 47.4 Å². The molecule has 0 amide bonds. The minimum atomic E-state index is -3.74. The predicted octanol–water partition coefficient (Wildman–Crippen LogP) is 2.26. The molecule has 2 aromatic rings. The molecule has 5 N–H and O–H groups in total. The fourth-order valence-corrected chi connectivity index (χ4v) is 2.59. The molecule has 5 nitrogen and oxygen atoms in total. The van der Waals surface area contributed by atoms with Crippen LogP contribution >= 0.6 is 22.6 Å². The number of nitrogens with one attached hydrogen (secondary N) is 1. The average Bonchev–Trinajstić information content (AvgIpc) is 2.33. The molecule has 0 spiro atoms. The van der Waals surface area contributed by atoms with E-state index in [9.17, 15) is 8.42 Å². The lowest BCUT2D eigenvalue weighted by atomic mass is 10.2. The van der Waals surface area contributed by atoms with Gasteiger partial charge in [-0.25, -0.2) is 13.6 Å². The van der Waals surface area contributed by atoms with Gasteiger partial charge in [0, 0.05) is 3.57 Å². The number of nitrogens with two attached hydrogens (primary N) is 2. The van der Waals surface area contributed by atoms with Crippen molar-refractivity contribution in [2.75, 3.05) is 11.1 Å². The maximum absolute atomic E-state index is 11.3. The predicted molar refractivity (Wildman–Crippen MR) is 84.7 cm³/mol. The molecular formula is C12H12IN3O2S. The van der Waals surface area contributed by atoms with Crippen molar-refractivity contribution in [1.29, 1.82) is 0 Å². The quantitative estimate of drug-likeness (QED) is 0.554. The summed E-state index contributed by atoms with van der Waals surface area (Å²) >= 11 is 2.18. The zero-order chi connectivity index (χ0) is 14.0. The van der Waals surface area contributed by atoms with Gasteiger partial charge in [0.1, 0.15) is 0 Å².